The van der Waals surface area contributed by atoms with Crippen LogP contribution in [0, 0.1) is 6.92 Å². The number of amides is 1. The molecule has 1 aliphatic heterocycles. The van der Waals surface area contributed by atoms with Crippen LogP contribution in [0.1, 0.15) is 41.2 Å². The van der Waals surface area contributed by atoms with Crippen LogP contribution in [0.4, 0.5) is 0 Å². The van der Waals surface area contributed by atoms with Gasteiger partial charge in [-0.2, -0.15) is 5.10 Å². The van der Waals surface area contributed by atoms with Crippen LogP contribution >= 0.6 is 11.3 Å². The molecule has 1 atom stereocenters. The predicted molar refractivity (Wildman–Crippen MR) is 85.0 cm³/mol. The van der Waals surface area contributed by atoms with Gasteiger partial charge in [0, 0.05) is 29.6 Å². The van der Waals surface area contributed by atoms with Crippen LogP contribution < -0.4 is 0 Å². The van der Waals surface area contributed by atoms with E-state index in [1.54, 1.807) is 11.3 Å². The molecule has 4 rings (SSSR count). The molecule has 0 radical (unpaired) electrons. The van der Waals surface area contributed by atoms with E-state index in [0.29, 0.717) is 6.42 Å². The van der Waals surface area contributed by atoms with Gasteiger partial charge in [-0.1, -0.05) is 0 Å². The third-order valence-corrected chi connectivity index (χ3v) is 5.87. The lowest BCUT2D eigenvalue weighted by Crippen LogP contribution is -2.48. The molecule has 22 heavy (non-hydrogen) atoms. The Labute approximate surface area is 133 Å². The summed E-state index contributed by atoms with van der Waals surface area (Å²) in [5.41, 5.74) is 3.62. The maximum atomic E-state index is 12.6. The Balaban J connectivity index is 1.51. The minimum atomic E-state index is 0.109. The predicted octanol–water partition coefficient (Wildman–Crippen LogP) is 2.22. The van der Waals surface area contributed by atoms with Gasteiger partial charge in [0.1, 0.15) is 0 Å². The van der Waals surface area contributed by atoms with E-state index in [-0.39, 0.29) is 11.3 Å². The Hall–Kier alpha value is -1.69. The second-order valence-corrected chi connectivity index (χ2v) is 7.57. The summed E-state index contributed by atoms with van der Waals surface area (Å²) in [6.07, 6.45) is 6.82. The van der Waals surface area contributed by atoms with Gasteiger partial charge in [-0.05, 0) is 38.2 Å². The Bertz CT molecular complexity index is 707. The fourth-order valence-corrected chi connectivity index (χ4v) is 4.58. The molecule has 5 nitrogen and oxygen atoms in total. The van der Waals surface area contributed by atoms with Crippen LogP contribution in [-0.2, 0) is 23.1 Å². The number of piperidine rings is 1. The number of thiazole rings is 1. The molecular weight excluding hydrogens is 296 g/mol. The highest BCUT2D eigenvalue weighted by atomic mass is 32.1. The normalized spacial score (nSPS) is 24.0. The molecule has 1 saturated heterocycles. The summed E-state index contributed by atoms with van der Waals surface area (Å²) >= 11 is 1.61. The number of nitrogens with zero attached hydrogens (tertiary/aromatic N) is 3. The Kier molecular flexibility index (Phi) is 3.29. The summed E-state index contributed by atoms with van der Waals surface area (Å²) in [4.78, 5) is 19.1. The van der Waals surface area contributed by atoms with E-state index in [4.69, 9.17) is 0 Å². The van der Waals surface area contributed by atoms with Crippen molar-refractivity contribution in [1.29, 1.82) is 0 Å². The zero-order chi connectivity index (χ0) is 15.2. The summed E-state index contributed by atoms with van der Waals surface area (Å²) in [6, 6.07) is 0. The van der Waals surface area contributed by atoms with E-state index in [1.807, 2.05) is 23.4 Å². The van der Waals surface area contributed by atoms with Gasteiger partial charge in [-0.3, -0.25) is 9.89 Å². The van der Waals surface area contributed by atoms with Crippen LogP contribution in [0.25, 0.3) is 0 Å². The highest BCUT2D eigenvalue weighted by molar-refractivity contribution is 7.09. The highest BCUT2D eigenvalue weighted by Gasteiger charge is 2.44. The number of hydrogen-bond acceptors (Lipinski definition) is 4. The molecule has 0 bridgehead atoms. The minimum Gasteiger partial charge on any atom is -0.341 e. The molecule has 3 heterocycles. The third kappa shape index (κ3) is 2.26. The Morgan fingerprint density at radius 2 is 2.41 bits per heavy atom. The molecule has 2 aromatic rings. The van der Waals surface area contributed by atoms with E-state index >= 15 is 0 Å². The van der Waals surface area contributed by atoms with Gasteiger partial charge in [-0.25, -0.2) is 4.98 Å². The zero-order valence-electron chi connectivity index (χ0n) is 12.8. The smallest absolute Gasteiger partial charge is 0.228 e. The maximum absolute atomic E-state index is 12.6. The summed E-state index contributed by atoms with van der Waals surface area (Å²) in [5.74, 6) is 0.206. The van der Waals surface area contributed by atoms with Gasteiger partial charge in [0.2, 0.25) is 5.91 Å². The number of carbonyl (C=O) groups is 1. The average Bonchev–Trinajstić information content (AvgIpc) is 3.20. The van der Waals surface area contributed by atoms with Crippen molar-refractivity contribution in [3.63, 3.8) is 0 Å². The molecule has 1 fully saturated rings. The number of likely N-dealkylation sites (tertiary alicyclic amines) is 1. The molecule has 1 spiro atoms. The Morgan fingerprint density at radius 3 is 3.23 bits per heavy atom. The van der Waals surface area contributed by atoms with Crippen molar-refractivity contribution in [2.75, 3.05) is 13.1 Å². The van der Waals surface area contributed by atoms with Crippen LogP contribution in [0.15, 0.2) is 11.6 Å². The largest absolute Gasteiger partial charge is 0.341 e. The zero-order valence-corrected chi connectivity index (χ0v) is 13.6. The van der Waals surface area contributed by atoms with Crippen molar-refractivity contribution < 1.29 is 4.79 Å². The lowest BCUT2D eigenvalue weighted by atomic mass is 9.77. The number of H-pyrrole nitrogens is 1. The number of aryl methyl sites for hydroxylation is 2. The molecule has 1 amide bonds. The third-order valence-electron chi connectivity index (χ3n) is 5.05. The van der Waals surface area contributed by atoms with Gasteiger partial charge in [0.25, 0.3) is 0 Å². The summed E-state index contributed by atoms with van der Waals surface area (Å²) < 4.78 is 0. The van der Waals surface area contributed by atoms with E-state index in [9.17, 15) is 4.79 Å². The number of aromatic nitrogens is 3. The van der Waals surface area contributed by atoms with Crippen molar-refractivity contribution in [3.8, 4) is 0 Å². The van der Waals surface area contributed by atoms with E-state index in [2.05, 4.69) is 15.2 Å². The average molecular weight is 316 g/mol. The maximum Gasteiger partial charge on any atom is 0.228 e. The standard InChI is InChI=1S/C16H20N4OS/c1-11-18-13(9-22-11)7-14(21)20-6-2-4-16(10-20)5-3-12-8-17-19-15(12)16/h8-9H,2-7,10H2,1H3,(H,17,19). The van der Waals surface area contributed by atoms with Crippen molar-refractivity contribution in [3.05, 3.63) is 33.5 Å². The molecule has 2 aliphatic rings. The molecule has 1 N–H and O–H groups in total. The first-order valence-electron chi connectivity index (χ1n) is 7.88. The van der Waals surface area contributed by atoms with Gasteiger partial charge in [-0.15, -0.1) is 11.3 Å². The van der Waals surface area contributed by atoms with Gasteiger partial charge < -0.3 is 4.90 Å². The van der Waals surface area contributed by atoms with Gasteiger partial charge in [0.05, 0.1) is 23.3 Å². The minimum absolute atomic E-state index is 0.109. The second kappa shape index (κ2) is 5.19. The summed E-state index contributed by atoms with van der Waals surface area (Å²) in [7, 11) is 0. The number of aromatic amines is 1. The molecule has 116 valence electrons. The molecule has 1 unspecified atom stereocenters. The fraction of sp³-hybridized carbons (Fsp3) is 0.562. The van der Waals surface area contributed by atoms with Crippen LogP contribution in [0.2, 0.25) is 0 Å². The summed E-state index contributed by atoms with van der Waals surface area (Å²) in [6.45, 7) is 3.67. The topological polar surface area (TPSA) is 61.9 Å². The first-order valence-corrected chi connectivity index (χ1v) is 8.76. The van der Waals surface area contributed by atoms with Gasteiger partial charge >= 0.3 is 0 Å². The SMILES string of the molecule is Cc1nc(CC(=O)N2CCCC3(CCc4cn[nH]c43)C2)cs1. The molecule has 6 heteroatoms. The lowest BCUT2D eigenvalue weighted by Gasteiger charge is -2.40. The number of fused-ring (bicyclic) bond motifs is 2. The first kappa shape index (κ1) is 13.9. The van der Waals surface area contributed by atoms with Gasteiger partial charge in [0.15, 0.2) is 0 Å². The number of nitrogens with one attached hydrogen (secondary N) is 1. The van der Waals surface area contributed by atoms with Crippen LogP contribution in [-0.4, -0.2) is 39.1 Å². The molecule has 0 aromatic carbocycles. The number of carbonyl (C=O) groups excluding carboxylic acids is 1. The van der Waals surface area contributed by atoms with Crippen molar-refractivity contribution in [2.24, 2.45) is 0 Å². The van der Waals surface area contributed by atoms with E-state index in [0.717, 1.165) is 49.5 Å². The molecular formula is C16H20N4OS. The molecule has 1 aliphatic carbocycles. The summed E-state index contributed by atoms with van der Waals surface area (Å²) in [5, 5.41) is 10.4. The van der Waals surface area contributed by atoms with Crippen LogP contribution in [0.5, 0.6) is 0 Å². The fourth-order valence-electron chi connectivity index (χ4n) is 3.97. The highest BCUT2D eigenvalue weighted by Crippen LogP contribution is 2.43. The lowest BCUT2D eigenvalue weighted by molar-refractivity contribution is -0.132. The van der Waals surface area contributed by atoms with Crippen molar-refractivity contribution in [2.45, 2.75) is 44.4 Å². The monoisotopic (exact) mass is 316 g/mol. The van der Waals surface area contributed by atoms with E-state index in [1.165, 1.54) is 11.3 Å². The van der Waals surface area contributed by atoms with Crippen molar-refractivity contribution in [1.82, 2.24) is 20.1 Å². The molecule has 0 saturated carbocycles. The number of hydrogen-bond donors (Lipinski definition) is 1. The first-order chi connectivity index (χ1) is 10.7. The quantitative estimate of drug-likeness (QED) is 0.924. The Morgan fingerprint density at radius 1 is 1.50 bits per heavy atom. The van der Waals surface area contributed by atoms with Crippen molar-refractivity contribution >= 4 is 17.2 Å². The van der Waals surface area contributed by atoms with Crippen LogP contribution in [0.3, 0.4) is 0 Å². The number of rotatable bonds is 2. The second-order valence-electron chi connectivity index (χ2n) is 6.50. The molecule has 2 aromatic heterocycles. The van der Waals surface area contributed by atoms with E-state index < -0.39 is 0 Å².